The number of hydrogen-bond donors (Lipinski definition) is 3. The zero-order valence-electron chi connectivity index (χ0n) is 16.7. The van der Waals surface area contributed by atoms with Gasteiger partial charge in [0.15, 0.2) is 11.5 Å². The van der Waals surface area contributed by atoms with E-state index in [-0.39, 0.29) is 18.4 Å². The van der Waals surface area contributed by atoms with E-state index >= 15 is 0 Å². The van der Waals surface area contributed by atoms with Crippen molar-refractivity contribution in [2.75, 3.05) is 26.3 Å². The summed E-state index contributed by atoms with van der Waals surface area (Å²) in [4.78, 5) is 28.2. The lowest BCUT2D eigenvalue weighted by Crippen LogP contribution is -2.41. The Bertz CT molecular complexity index is 1080. The second-order valence-electron chi connectivity index (χ2n) is 6.69. The third kappa shape index (κ3) is 3.57. The second kappa shape index (κ2) is 7.86. The molecule has 0 saturated heterocycles. The Labute approximate surface area is 172 Å². The molecule has 4 rings (SSSR count). The highest BCUT2D eigenvalue weighted by atomic mass is 16.7. The Morgan fingerprint density at radius 1 is 1.03 bits per heavy atom. The van der Waals surface area contributed by atoms with Crippen LogP contribution in [0.1, 0.15) is 17.4 Å². The average Bonchev–Trinajstić information content (AvgIpc) is 3.39. The van der Waals surface area contributed by atoms with Gasteiger partial charge in [-0.3, -0.25) is 9.59 Å². The maximum absolute atomic E-state index is 12.7. The van der Waals surface area contributed by atoms with Gasteiger partial charge < -0.3 is 34.6 Å². The van der Waals surface area contributed by atoms with Gasteiger partial charge in [0.2, 0.25) is 12.7 Å². The van der Waals surface area contributed by atoms with Gasteiger partial charge in [-0.2, -0.15) is 0 Å². The molecule has 0 unspecified atom stereocenters. The smallest absolute Gasteiger partial charge is 0.268 e. The molecule has 2 amide bonds. The fourth-order valence-electron chi connectivity index (χ4n) is 3.20. The highest BCUT2D eigenvalue weighted by Gasteiger charge is 2.21. The first kappa shape index (κ1) is 19.4. The minimum absolute atomic E-state index is 0.152. The number of anilines is 1. The topological polar surface area (TPSA) is 111 Å². The number of aromatic amines is 1. The molecule has 0 fully saturated rings. The number of nitrogens with one attached hydrogen (secondary N) is 3. The minimum atomic E-state index is -0.780. The van der Waals surface area contributed by atoms with Crippen LogP contribution in [-0.2, 0) is 4.79 Å². The highest BCUT2D eigenvalue weighted by Crippen LogP contribution is 2.34. The number of carbonyl (C=O) groups excluding carboxylic acids is 2. The second-order valence-corrected chi connectivity index (χ2v) is 6.69. The lowest BCUT2D eigenvalue weighted by Gasteiger charge is -2.14. The van der Waals surface area contributed by atoms with Crippen LogP contribution in [-0.4, -0.2) is 43.9 Å². The molecule has 1 aliphatic rings. The fraction of sp³-hybridized carbons (Fsp3) is 0.238. The standard InChI is InChI=1S/C21H21N3O6/c1-11(20(25)23-12-4-5-16-18(8-12)30-10-29-16)22-21(26)14-9-13-15(27-2)6-7-17(28-3)19(13)24-14/h4-9,11,24H,10H2,1-3H3,(H,22,26)(H,23,25)/t11-/m1/s1. The van der Waals surface area contributed by atoms with Crippen LogP contribution in [0.25, 0.3) is 10.9 Å². The van der Waals surface area contributed by atoms with E-state index in [1.54, 1.807) is 57.5 Å². The van der Waals surface area contributed by atoms with E-state index in [1.807, 2.05) is 0 Å². The highest BCUT2D eigenvalue weighted by molar-refractivity contribution is 6.04. The number of aromatic nitrogens is 1. The van der Waals surface area contributed by atoms with E-state index in [4.69, 9.17) is 18.9 Å². The number of hydrogen-bond acceptors (Lipinski definition) is 6. The van der Waals surface area contributed by atoms with Gasteiger partial charge in [-0.05, 0) is 37.3 Å². The Hall–Kier alpha value is -3.88. The van der Waals surface area contributed by atoms with Crippen LogP contribution >= 0.6 is 0 Å². The zero-order chi connectivity index (χ0) is 21.3. The molecule has 1 aliphatic heterocycles. The first-order valence-electron chi connectivity index (χ1n) is 9.25. The average molecular weight is 411 g/mol. The molecule has 0 spiro atoms. The van der Waals surface area contributed by atoms with Gasteiger partial charge in [-0.25, -0.2) is 0 Å². The van der Waals surface area contributed by atoms with Crippen molar-refractivity contribution in [3.8, 4) is 23.0 Å². The summed E-state index contributed by atoms with van der Waals surface area (Å²) in [5, 5.41) is 6.14. The van der Waals surface area contributed by atoms with Crippen LogP contribution < -0.4 is 29.6 Å². The van der Waals surface area contributed by atoms with Gasteiger partial charge in [-0.15, -0.1) is 0 Å². The van der Waals surface area contributed by atoms with Gasteiger partial charge in [-0.1, -0.05) is 0 Å². The molecule has 30 heavy (non-hydrogen) atoms. The van der Waals surface area contributed by atoms with Crippen molar-refractivity contribution < 1.29 is 28.5 Å². The number of fused-ring (bicyclic) bond motifs is 2. The summed E-state index contributed by atoms with van der Waals surface area (Å²) in [6.45, 7) is 1.75. The summed E-state index contributed by atoms with van der Waals surface area (Å²) in [5.74, 6) is 1.58. The maximum Gasteiger partial charge on any atom is 0.268 e. The van der Waals surface area contributed by atoms with Crippen LogP contribution in [0.2, 0.25) is 0 Å². The molecule has 0 aliphatic carbocycles. The number of carbonyl (C=O) groups is 2. The number of rotatable bonds is 6. The van der Waals surface area contributed by atoms with Crippen LogP contribution in [0.5, 0.6) is 23.0 Å². The van der Waals surface area contributed by atoms with Crippen LogP contribution in [0.4, 0.5) is 5.69 Å². The third-order valence-corrected chi connectivity index (χ3v) is 4.78. The molecule has 3 N–H and O–H groups in total. The Morgan fingerprint density at radius 3 is 2.53 bits per heavy atom. The van der Waals surface area contributed by atoms with Crippen molar-refractivity contribution in [2.45, 2.75) is 13.0 Å². The van der Waals surface area contributed by atoms with Crippen molar-refractivity contribution in [1.82, 2.24) is 10.3 Å². The molecule has 3 aromatic rings. The maximum atomic E-state index is 12.7. The molecule has 156 valence electrons. The normalized spacial score (nSPS) is 13.0. The Kier molecular flexibility index (Phi) is 5.09. The molecule has 1 aromatic heterocycles. The molecule has 1 atom stereocenters. The summed E-state index contributed by atoms with van der Waals surface area (Å²) < 4.78 is 21.2. The zero-order valence-corrected chi connectivity index (χ0v) is 16.7. The molecule has 0 radical (unpaired) electrons. The number of methoxy groups -OCH3 is 2. The largest absolute Gasteiger partial charge is 0.496 e. The van der Waals surface area contributed by atoms with Crippen molar-refractivity contribution in [3.63, 3.8) is 0 Å². The minimum Gasteiger partial charge on any atom is -0.496 e. The van der Waals surface area contributed by atoms with Crippen molar-refractivity contribution in [1.29, 1.82) is 0 Å². The number of ether oxygens (including phenoxy) is 4. The van der Waals surface area contributed by atoms with Crippen LogP contribution in [0.15, 0.2) is 36.4 Å². The SMILES string of the molecule is COc1ccc(OC)c2[nH]c(C(=O)N[C@H](C)C(=O)Nc3ccc4c(c3)OCO4)cc12. The third-order valence-electron chi connectivity index (χ3n) is 4.78. The summed E-state index contributed by atoms with van der Waals surface area (Å²) in [5.41, 5.74) is 1.47. The summed E-state index contributed by atoms with van der Waals surface area (Å²) in [6, 6.07) is 9.49. The predicted octanol–water partition coefficient (Wildman–Crippen LogP) is 2.67. The molecule has 2 aromatic carbocycles. The summed E-state index contributed by atoms with van der Waals surface area (Å²) >= 11 is 0. The molecular formula is C21H21N3O6. The molecule has 9 nitrogen and oxygen atoms in total. The number of benzene rings is 2. The van der Waals surface area contributed by atoms with E-state index < -0.39 is 11.9 Å². The first-order chi connectivity index (χ1) is 14.5. The van der Waals surface area contributed by atoms with Gasteiger partial charge in [0.05, 0.1) is 19.7 Å². The van der Waals surface area contributed by atoms with Gasteiger partial charge in [0, 0.05) is 17.1 Å². The first-order valence-corrected chi connectivity index (χ1v) is 9.25. The lowest BCUT2D eigenvalue weighted by atomic mass is 10.2. The molecule has 2 heterocycles. The summed E-state index contributed by atoms with van der Waals surface area (Å²) in [6.07, 6.45) is 0. The monoisotopic (exact) mass is 411 g/mol. The van der Waals surface area contributed by atoms with E-state index in [9.17, 15) is 9.59 Å². The number of amides is 2. The van der Waals surface area contributed by atoms with Crippen molar-refractivity contribution >= 4 is 28.4 Å². The number of H-pyrrole nitrogens is 1. The van der Waals surface area contributed by atoms with Gasteiger partial charge in [0.25, 0.3) is 5.91 Å². The Balaban J connectivity index is 1.47. The summed E-state index contributed by atoms with van der Waals surface area (Å²) in [7, 11) is 3.10. The Morgan fingerprint density at radius 2 is 1.77 bits per heavy atom. The van der Waals surface area contributed by atoms with Crippen molar-refractivity contribution in [3.05, 3.63) is 42.1 Å². The predicted molar refractivity (Wildman–Crippen MR) is 110 cm³/mol. The van der Waals surface area contributed by atoms with E-state index in [0.29, 0.717) is 39.6 Å². The van der Waals surface area contributed by atoms with Crippen LogP contribution in [0, 0.1) is 0 Å². The lowest BCUT2D eigenvalue weighted by molar-refractivity contribution is -0.117. The van der Waals surface area contributed by atoms with Crippen LogP contribution in [0.3, 0.4) is 0 Å². The van der Waals surface area contributed by atoms with E-state index in [2.05, 4.69) is 15.6 Å². The molecule has 9 heteroatoms. The molecular weight excluding hydrogens is 390 g/mol. The quantitative estimate of drug-likeness (QED) is 0.575. The van der Waals surface area contributed by atoms with Crippen molar-refractivity contribution in [2.24, 2.45) is 0 Å². The van der Waals surface area contributed by atoms with E-state index in [1.165, 1.54) is 0 Å². The van der Waals surface area contributed by atoms with Gasteiger partial charge >= 0.3 is 0 Å². The molecule has 0 bridgehead atoms. The molecule has 0 saturated carbocycles. The van der Waals surface area contributed by atoms with Gasteiger partial charge in [0.1, 0.15) is 23.2 Å². The van der Waals surface area contributed by atoms with E-state index in [0.717, 1.165) is 0 Å². The fourth-order valence-corrected chi connectivity index (χ4v) is 3.20.